The Labute approximate surface area is 95.5 Å². The van der Waals surface area contributed by atoms with Crippen molar-refractivity contribution in [1.29, 1.82) is 0 Å². The van der Waals surface area contributed by atoms with Crippen LogP contribution in [-0.4, -0.2) is 25.4 Å². The molecule has 2 heterocycles. The molecule has 0 unspecified atom stereocenters. The van der Waals surface area contributed by atoms with Crippen LogP contribution in [0.1, 0.15) is 23.0 Å². The molecule has 1 N–H and O–H groups in total. The monoisotopic (exact) mass is 235 g/mol. The summed E-state index contributed by atoms with van der Waals surface area (Å²) in [5.74, 6) is -1.31. The highest BCUT2D eigenvalue weighted by molar-refractivity contribution is 5.87. The number of carboxylic acid groups (broad SMARTS) is 1. The maximum atomic E-state index is 10.9. The van der Waals surface area contributed by atoms with Crippen molar-refractivity contribution in [3.8, 4) is 0 Å². The molecule has 0 amide bonds. The van der Waals surface area contributed by atoms with E-state index in [9.17, 15) is 14.9 Å². The van der Waals surface area contributed by atoms with E-state index in [2.05, 4.69) is 4.98 Å². The van der Waals surface area contributed by atoms with Crippen LogP contribution in [0.4, 0.5) is 5.82 Å². The van der Waals surface area contributed by atoms with Crippen molar-refractivity contribution in [3.05, 3.63) is 39.7 Å². The standard InChI is InChI=1S/C10H9N3O4/c1-2-7-9(13(16)17)12-5-6(10(14)15)3-4-8(12)11-7/h3-5H,2H2,1H3,(H,14,15). The number of rotatable bonds is 3. The van der Waals surface area contributed by atoms with Crippen LogP contribution < -0.4 is 0 Å². The Kier molecular flexibility index (Phi) is 2.51. The lowest BCUT2D eigenvalue weighted by Gasteiger charge is -1.96. The lowest BCUT2D eigenvalue weighted by atomic mass is 10.3. The maximum Gasteiger partial charge on any atom is 0.351 e. The summed E-state index contributed by atoms with van der Waals surface area (Å²) < 4.78 is 1.20. The molecule has 88 valence electrons. The van der Waals surface area contributed by atoms with Gasteiger partial charge in [0, 0.05) is 6.07 Å². The quantitative estimate of drug-likeness (QED) is 0.642. The first-order valence-corrected chi connectivity index (χ1v) is 4.93. The van der Waals surface area contributed by atoms with Gasteiger partial charge in [0.1, 0.15) is 11.9 Å². The zero-order valence-electron chi connectivity index (χ0n) is 8.95. The highest BCUT2D eigenvalue weighted by Crippen LogP contribution is 2.21. The number of aromatic nitrogens is 2. The molecule has 0 saturated heterocycles. The molecule has 0 saturated carbocycles. The molecular formula is C10H9N3O4. The number of hydrogen-bond donors (Lipinski definition) is 1. The number of carbonyl (C=O) groups is 1. The zero-order chi connectivity index (χ0) is 12.6. The summed E-state index contributed by atoms with van der Waals surface area (Å²) in [6.45, 7) is 1.76. The number of nitrogens with zero attached hydrogens (tertiary/aromatic N) is 3. The molecule has 2 aromatic heterocycles. The fourth-order valence-electron chi connectivity index (χ4n) is 1.64. The number of nitro groups is 1. The second-order valence-electron chi connectivity index (χ2n) is 3.44. The number of fused-ring (bicyclic) bond motifs is 1. The van der Waals surface area contributed by atoms with Crippen molar-refractivity contribution in [3.63, 3.8) is 0 Å². The first-order valence-electron chi connectivity index (χ1n) is 4.93. The average Bonchev–Trinajstić information content (AvgIpc) is 2.65. The summed E-state index contributed by atoms with van der Waals surface area (Å²) in [6.07, 6.45) is 1.63. The molecule has 17 heavy (non-hydrogen) atoms. The zero-order valence-corrected chi connectivity index (χ0v) is 8.95. The molecule has 2 aromatic rings. The predicted octanol–water partition coefficient (Wildman–Crippen LogP) is 1.50. The molecule has 0 bridgehead atoms. The van der Waals surface area contributed by atoms with Crippen LogP contribution in [0.15, 0.2) is 18.3 Å². The van der Waals surface area contributed by atoms with Gasteiger partial charge in [0.05, 0.1) is 5.56 Å². The maximum absolute atomic E-state index is 10.9. The summed E-state index contributed by atoms with van der Waals surface area (Å²) in [4.78, 5) is 25.3. The minimum atomic E-state index is -1.13. The van der Waals surface area contributed by atoms with Crippen LogP contribution in [0.5, 0.6) is 0 Å². The number of aromatic carboxylic acids is 1. The molecular weight excluding hydrogens is 226 g/mol. The summed E-state index contributed by atoms with van der Waals surface area (Å²) >= 11 is 0. The fourth-order valence-corrected chi connectivity index (χ4v) is 1.64. The summed E-state index contributed by atoms with van der Waals surface area (Å²) in [5, 5.41) is 19.8. The van der Waals surface area contributed by atoms with Crippen LogP contribution in [-0.2, 0) is 6.42 Å². The van der Waals surface area contributed by atoms with Crippen LogP contribution >= 0.6 is 0 Å². The largest absolute Gasteiger partial charge is 0.478 e. The van der Waals surface area contributed by atoms with E-state index in [1.807, 2.05) is 0 Å². The second-order valence-corrected chi connectivity index (χ2v) is 3.44. The fraction of sp³-hybridized carbons (Fsp3) is 0.200. The molecule has 7 heteroatoms. The topological polar surface area (TPSA) is 97.7 Å². The van der Waals surface area contributed by atoms with Crippen molar-refractivity contribution in [1.82, 2.24) is 9.38 Å². The smallest absolute Gasteiger partial charge is 0.351 e. The van der Waals surface area contributed by atoms with Crippen molar-refractivity contribution < 1.29 is 14.8 Å². The van der Waals surface area contributed by atoms with Gasteiger partial charge in [-0.3, -0.25) is 0 Å². The predicted molar refractivity (Wildman–Crippen MR) is 58.2 cm³/mol. The van der Waals surface area contributed by atoms with E-state index < -0.39 is 10.9 Å². The van der Waals surface area contributed by atoms with Crippen molar-refractivity contribution in [2.75, 3.05) is 0 Å². The van der Waals surface area contributed by atoms with Crippen LogP contribution in [0.2, 0.25) is 0 Å². The molecule has 0 radical (unpaired) electrons. The van der Waals surface area contributed by atoms with Gasteiger partial charge in [-0.2, -0.15) is 4.40 Å². The van der Waals surface area contributed by atoms with Gasteiger partial charge < -0.3 is 15.2 Å². The minimum absolute atomic E-state index is 0.0133. The van der Waals surface area contributed by atoms with E-state index in [0.717, 1.165) is 0 Å². The van der Waals surface area contributed by atoms with E-state index in [0.29, 0.717) is 17.8 Å². The number of carboxylic acids is 1. The van der Waals surface area contributed by atoms with Crippen LogP contribution in [0.25, 0.3) is 5.65 Å². The van der Waals surface area contributed by atoms with E-state index >= 15 is 0 Å². The van der Waals surface area contributed by atoms with E-state index in [-0.39, 0.29) is 11.4 Å². The molecule has 0 fully saturated rings. The lowest BCUT2D eigenvalue weighted by Crippen LogP contribution is -2.01. The van der Waals surface area contributed by atoms with Gasteiger partial charge in [-0.1, -0.05) is 6.92 Å². The Morgan fingerprint density at radius 1 is 1.59 bits per heavy atom. The molecule has 0 aliphatic carbocycles. The van der Waals surface area contributed by atoms with E-state index in [1.165, 1.54) is 22.7 Å². The highest BCUT2D eigenvalue weighted by atomic mass is 16.6. The van der Waals surface area contributed by atoms with Crippen molar-refractivity contribution >= 4 is 17.4 Å². The van der Waals surface area contributed by atoms with Gasteiger partial charge in [0.25, 0.3) is 0 Å². The average molecular weight is 235 g/mol. The number of hydrogen-bond acceptors (Lipinski definition) is 4. The molecule has 0 aliphatic heterocycles. The Morgan fingerprint density at radius 3 is 2.82 bits per heavy atom. The number of pyridine rings is 1. The minimum Gasteiger partial charge on any atom is -0.478 e. The van der Waals surface area contributed by atoms with Gasteiger partial charge in [-0.25, -0.2) is 9.78 Å². The van der Waals surface area contributed by atoms with Gasteiger partial charge >= 0.3 is 11.8 Å². The molecule has 0 spiro atoms. The van der Waals surface area contributed by atoms with E-state index in [4.69, 9.17) is 5.11 Å². The van der Waals surface area contributed by atoms with Crippen molar-refractivity contribution in [2.45, 2.75) is 13.3 Å². The third-order valence-corrected chi connectivity index (χ3v) is 2.42. The first-order chi connectivity index (χ1) is 8.04. The van der Waals surface area contributed by atoms with Gasteiger partial charge in [-0.05, 0) is 17.4 Å². The molecule has 0 aliphatic rings. The van der Waals surface area contributed by atoms with Crippen LogP contribution in [0.3, 0.4) is 0 Å². The van der Waals surface area contributed by atoms with Gasteiger partial charge in [0.15, 0.2) is 0 Å². The molecule has 0 atom stereocenters. The lowest BCUT2D eigenvalue weighted by molar-refractivity contribution is -0.391. The first kappa shape index (κ1) is 11.1. The normalized spacial score (nSPS) is 10.6. The Bertz CT molecular complexity index is 617. The molecule has 2 rings (SSSR count). The number of aryl methyl sites for hydroxylation is 1. The van der Waals surface area contributed by atoms with Crippen molar-refractivity contribution in [2.24, 2.45) is 0 Å². The third-order valence-electron chi connectivity index (χ3n) is 2.42. The highest BCUT2D eigenvalue weighted by Gasteiger charge is 2.22. The summed E-state index contributed by atoms with van der Waals surface area (Å²) in [5.41, 5.74) is 0.705. The molecule has 0 aromatic carbocycles. The van der Waals surface area contributed by atoms with E-state index in [1.54, 1.807) is 6.92 Å². The van der Waals surface area contributed by atoms with Crippen LogP contribution in [0, 0.1) is 10.1 Å². The number of imidazole rings is 1. The third kappa shape index (κ3) is 1.71. The van der Waals surface area contributed by atoms with Gasteiger partial charge in [-0.15, -0.1) is 0 Å². The summed E-state index contributed by atoms with van der Waals surface area (Å²) in [7, 11) is 0. The molecule has 7 nitrogen and oxygen atoms in total. The summed E-state index contributed by atoms with van der Waals surface area (Å²) in [6, 6.07) is 2.82. The second kappa shape index (κ2) is 3.85. The SMILES string of the molecule is CCc1nc2ccc(C(=O)O)cn2c1[N+](=O)[O-]. The Balaban J connectivity index is 2.78. The van der Waals surface area contributed by atoms with Gasteiger partial charge in [0.2, 0.25) is 5.65 Å². The Morgan fingerprint density at radius 2 is 2.29 bits per heavy atom. The Hall–Kier alpha value is -2.44.